The Morgan fingerprint density at radius 1 is 0.451 bits per heavy atom. The quantitative estimate of drug-likeness (QED) is 0.149. The Morgan fingerprint density at radius 2 is 0.901 bits per heavy atom. The second kappa shape index (κ2) is 16.6. The molecule has 0 amide bonds. The molecular formula is C63H40N4O4. The van der Waals surface area contributed by atoms with Gasteiger partial charge in [-0.2, -0.15) is 0 Å². The van der Waals surface area contributed by atoms with Crippen LogP contribution in [0, 0.1) is 0 Å². The van der Waals surface area contributed by atoms with Crippen LogP contribution in [0.5, 0.6) is 0 Å². The standard InChI is InChI=1S/C63H40N4O4/c1-38-56(37-71-63(70)43-26-27-46-47(36-43)62(69)45-25-15-14-24-44(45)61(46)68)67-53-33-35-55(67)60(42-22-12-5-13-23-42)54-34-32-52(66(38)54)58(40-18-8-3-9-19-40)50-30-28-48(64-50)57(39-16-6-2-7-17-39)49-29-31-51(65-49)59(53)41-20-10-4-11-21-41/h2-36H,37H2,1H3. The van der Waals surface area contributed by atoms with Crippen LogP contribution in [0.2, 0.25) is 0 Å². The molecule has 0 unspecified atom stereocenters. The van der Waals surface area contributed by atoms with E-state index in [1.54, 1.807) is 36.4 Å². The molecule has 6 aromatic carbocycles. The van der Waals surface area contributed by atoms with Crippen molar-refractivity contribution in [1.29, 1.82) is 0 Å². The van der Waals surface area contributed by atoms with E-state index in [9.17, 15) is 14.4 Å². The van der Waals surface area contributed by atoms with Gasteiger partial charge in [-0.25, -0.2) is 14.8 Å². The van der Waals surface area contributed by atoms with Gasteiger partial charge in [0.15, 0.2) is 11.6 Å². The van der Waals surface area contributed by atoms with Crippen molar-refractivity contribution < 1.29 is 19.1 Å². The molecule has 6 bridgehead atoms. The summed E-state index contributed by atoms with van der Waals surface area (Å²) in [5, 5.41) is 1.83. The third-order valence-electron chi connectivity index (χ3n) is 13.9. The first-order valence-electron chi connectivity index (χ1n) is 23.5. The molecule has 8 heteroatoms. The lowest BCUT2D eigenvalue weighted by molar-refractivity contribution is 0.0552. The van der Waals surface area contributed by atoms with E-state index in [-0.39, 0.29) is 34.9 Å². The highest BCUT2D eigenvalue weighted by Gasteiger charge is 2.33. The van der Waals surface area contributed by atoms with E-state index in [0.717, 1.165) is 95.1 Å². The third-order valence-corrected chi connectivity index (χ3v) is 13.9. The van der Waals surface area contributed by atoms with Gasteiger partial charge >= 0.3 is 5.97 Å². The summed E-state index contributed by atoms with van der Waals surface area (Å²) >= 11 is 0. The summed E-state index contributed by atoms with van der Waals surface area (Å²) in [6, 6.07) is 61.3. The molecule has 4 aliphatic heterocycles. The van der Waals surface area contributed by atoms with Crippen LogP contribution in [-0.2, 0) is 4.74 Å². The zero-order valence-corrected chi connectivity index (χ0v) is 38.3. The first-order valence-corrected chi connectivity index (χ1v) is 23.5. The molecule has 0 radical (unpaired) electrons. The van der Waals surface area contributed by atoms with Crippen LogP contribution in [0.15, 0.2) is 234 Å². The largest absolute Gasteiger partial charge is 0.456 e. The SMILES string of the molecule is CC1=C(COC(=O)c2ccc3c(c2)C(=O)c2ccccc2C3=O)n2c3ccc2C(c2ccccc2)=c2ccc(n21)=C(c1ccccc1)C1=NC(=C(c2ccccc2)C2=NC(=C3c3ccccc3)C=C2)C=C1. The van der Waals surface area contributed by atoms with Crippen molar-refractivity contribution in [3.8, 4) is 0 Å². The maximum atomic E-state index is 14.6. The van der Waals surface area contributed by atoms with E-state index in [1.165, 1.54) is 6.07 Å². The second-order valence-corrected chi connectivity index (χ2v) is 17.8. The maximum Gasteiger partial charge on any atom is 0.338 e. The molecule has 336 valence electrons. The Labute approximate surface area is 408 Å². The number of fused-ring (bicyclic) bond motifs is 4. The Balaban J connectivity index is 1.10. The Morgan fingerprint density at radius 3 is 1.49 bits per heavy atom. The van der Waals surface area contributed by atoms with Crippen LogP contribution in [0.1, 0.15) is 82.8 Å². The fourth-order valence-electron chi connectivity index (χ4n) is 10.6. The van der Waals surface area contributed by atoms with Crippen molar-refractivity contribution in [2.75, 3.05) is 6.61 Å². The Kier molecular flexibility index (Phi) is 9.74. The number of nitrogens with zero attached hydrogens (tertiary/aromatic N) is 4. The molecule has 13 rings (SSSR count). The fraction of sp³-hybridized carbons (Fsp3) is 0.0317. The average molecular weight is 917 g/mol. The number of hydrogen-bond acceptors (Lipinski definition) is 6. The number of rotatable bonds is 7. The molecule has 2 aromatic heterocycles. The number of carbonyl (C=O) groups excluding carboxylic acids is 3. The molecule has 71 heavy (non-hydrogen) atoms. The number of carbonyl (C=O) groups is 3. The summed E-state index contributed by atoms with van der Waals surface area (Å²) in [7, 11) is 0. The predicted octanol–water partition coefficient (Wildman–Crippen LogP) is 10.7. The van der Waals surface area contributed by atoms with Crippen LogP contribution in [0.3, 0.4) is 0 Å². The first kappa shape index (κ1) is 41.6. The van der Waals surface area contributed by atoms with E-state index < -0.39 is 5.97 Å². The van der Waals surface area contributed by atoms with E-state index in [2.05, 4.69) is 125 Å². The third kappa shape index (κ3) is 6.71. The van der Waals surface area contributed by atoms with Gasteiger partial charge in [-0.05, 0) is 95.9 Å². The van der Waals surface area contributed by atoms with Gasteiger partial charge in [0.05, 0.1) is 56.2 Å². The van der Waals surface area contributed by atoms with Gasteiger partial charge in [-0.15, -0.1) is 0 Å². The lowest BCUT2D eigenvalue weighted by Gasteiger charge is -2.22. The average Bonchev–Trinajstić information content (AvgIpc) is 4.26. The van der Waals surface area contributed by atoms with Crippen molar-refractivity contribution in [3.05, 3.63) is 296 Å². The molecule has 0 saturated carbocycles. The molecule has 8 aromatic rings. The van der Waals surface area contributed by atoms with Gasteiger partial charge in [0.2, 0.25) is 0 Å². The van der Waals surface area contributed by atoms with E-state index in [0.29, 0.717) is 16.8 Å². The van der Waals surface area contributed by atoms with Crippen LogP contribution in [-0.4, -0.2) is 44.7 Å². The second-order valence-electron chi connectivity index (χ2n) is 17.8. The van der Waals surface area contributed by atoms with Gasteiger partial charge in [0, 0.05) is 50.2 Å². The lowest BCUT2D eigenvalue weighted by atomic mass is 9.83. The first-order chi connectivity index (χ1) is 34.9. The van der Waals surface area contributed by atoms with Crippen molar-refractivity contribution in [3.63, 3.8) is 0 Å². The number of allylic oxidation sites excluding steroid dienone is 6. The highest BCUT2D eigenvalue weighted by molar-refractivity contribution is 6.35. The van der Waals surface area contributed by atoms with E-state index in [4.69, 9.17) is 14.7 Å². The summed E-state index contributed by atoms with van der Waals surface area (Å²) in [5.41, 5.74) is 15.2. The molecule has 1 aliphatic carbocycles. The topological polar surface area (TPSA) is 95.0 Å². The molecule has 0 atom stereocenters. The minimum absolute atomic E-state index is 0.162. The summed E-state index contributed by atoms with van der Waals surface area (Å²) in [6.45, 7) is 1.91. The molecule has 8 nitrogen and oxygen atoms in total. The van der Waals surface area contributed by atoms with Gasteiger partial charge in [0.25, 0.3) is 0 Å². The molecular weight excluding hydrogens is 877 g/mol. The van der Waals surface area contributed by atoms with Crippen LogP contribution < -0.4 is 10.7 Å². The summed E-state index contributed by atoms with van der Waals surface area (Å²) in [4.78, 5) is 53.0. The molecule has 5 aliphatic rings. The van der Waals surface area contributed by atoms with Crippen molar-refractivity contribution >= 4 is 62.6 Å². The number of ketones is 2. The van der Waals surface area contributed by atoms with Crippen molar-refractivity contribution in [1.82, 2.24) is 9.13 Å². The van der Waals surface area contributed by atoms with Gasteiger partial charge < -0.3 is 13.9 Å². The van der Waals surface area contributed by atoms with Crippen molar-refractivity contribution in [2.24, 2.45) is 9.98 Å². The number of aromatic nitrogens is 2. The monoisotopic (exact) mass is 916 g/mol. The summed E-state index contributed by atoms with van der Waals surface area (Å²) in [6.07, 6.45) is 8.33. The molecule has 6 heterocycles. The predicted molar refractivity (Wildman–Crippen MR) is 279 cm³/mol. The minimum atomic E-state index is -0.638. The zero-order chi connectivity index (χ0) is 47.7. The van der Waals surface area contributed by atoms with Crippen LogP contribution in [0.4, 0.5) is 0 Å². The molecule has 0 saturated heterocycles. The fourth-order valence-corrected chi connectivity index (χ4v) is 10.6. The smallest absolute Gasteiger partial charge is 0.338 e. The molecule has 0 spiro atoms. The highest BCUT2D eigenvalue weighted by Crippen LogP contribution is 2.40. The highest BCUT2D eigenvalue weighted by atomic mass is 16.5. The number of ether oxygens (including phenoxy) is 1. The van der Waals surface area contributed by atoms with Gasteiger partial charge in [0.1, 0.15) is 6.61 Å². The Bertz CT molecular complexity index is 4010. The lowest BCUT2D eigenvalue weighted by Crippen LogP contribution is -2.30. The zero-order valence-electron chi connectivity index (χ0n) is 38.3. The number of benzene rings is 6. The Hall–Kier alpha value is -9.53. The molecule has 0 N–H and O–H groups in total. The summed E-state index contributed by atoms with van der Waals surface area (Å²) in [5.74, 6) is -1.21. The normalized spacial score (nSPS) is 15.4. The van der Waals surface area contributed by atoms with Crippen molar-refractivity contribution in [2.45, 2.75) is 6.92 Å². The van der Waals surface area contributed by atoms with E-state index in [1.807, 2.05) is 60.7 Å². The number of esters is 1. The maximum absolute atomic E-state index is 14.6. The summed E-state index contributed by atoms with van der Waals surface area (Å²) < 4.78 is 11.0. The number of hydrogen-bond donors (Lipinski definition) is 0. The van der Waals surface area contributed by atoms with Crippen LogP contribution in [0.25, 0.3) is 33.7 Å². The van der Waals surface area contributed by atoms with Crippen LogP contribution >= 0.6 is 0 Å². The van der Waals surface area contributed by atoms with E-state index >= 15 is 0 Å². The number of aliphatic imine (C=N–C) groups is 2. The minimum Gasteiger partial charge on any atom is -0.456 e. The molecule has 0 fully saturated rings. The van der Waals surface area contributed by atoms with Gasteiger partial charge in [-0.3, -0.25) is 9.59 Å². The van der Waals surface area contributed by atoms with Gasteiger partial charge in [-0.1, -0.05) is 146 Å².